The molecule has 0 radical (unpaired) electrons. The topological polar surface area (TPSA) is 35.5 Å². The molecule has 1 aliphatic rings. The molecule has 0 aromatic rings. The zero-order valence-corrected chi connectivity index (χ0v) is 11.8. The minimum Gasteiger partial charge on any atom is -0.393 e. The molecule has 1 aliphatic carbocycles. The zero-order valence-electron chi connectivity index (χ0n) is 11.8. The van der Waals surface area contributed by atoms with Crippen LogP contribution in [-0.4, -0.2) is 48.8 Å². The Labute approximate surface area is 107 Å². The van der Waals surface area contributed by atoms with E-state index in [0.717, 1.165) is 25.4 Å². The van der Waals surface area contributed by atoms with Crippen molar-refractivity contribution in [1.29, 1.82) is 0 Å². The van der Waals surface area contributed by atoms with Crippen LogP contribution in [-0.2, 0) is 0 Å². The first-order valence-corrected chi connectivity index (χ1v) is 7.23. The summed E-state index contributed by atoms with van der Waals surface area (Å²) in [6.45, 7) is 7.33. The van der Waals surface area contributed by atoms with Gasteiger partial charge in [0.1, 0.15) is 0 Å². The van der Waals surface area contributed by atoms with Crippen LogP contribution >= 0.6 is 0 Å². The van der Waals surface area contributed by atoms with Crippen LogP contribution < -0.4 is 5.32 Å². The van der Waals surface area contributed by atoms with Gasteiger partial charge in [0.25, 0.3) is 0 Å². The maximum Gasteiger partial charge on any atom is 0.0524 e. The quantitative estimate of drug-likeness (QED) is 0.715. The fraction of sp³-hybridized carbons (Fsp3) is 1.00. The monoisotopic (exact) mass is 242 g/mol. The maximum atomic E-state index is 9.30. The smallest absolute Gasteiger partial charge is 0.0524 e. The molecule has 3 atom stereocenters. The third kappa shape index (κ3) is 5.84. The summed E-state index contributed by atoms with van der Waals surface area (Å²) in [6, 6.07) is 0.711. The zero-order chi connectivity index (χ0) is 12.7. The second kappa shape index (κ2) is 8.06. The first-order chi connectivity index (χ1) is 8.13. The van der Waals surface area contributed by atoms with Crippen LogP contribution in [0.25, 0.3) is 0 Å². The van der Waals surface area contributed by atoms with Gasteiger partial charge in [0.05, 0.1) is 6.10 Å². The van der Waals surface area contributed by atoms with Crippen molar-refractivity contribution in [2.75, 3.05) is 26.7 Å². The van der Waals surface area contributed by atoms with Crippen LogP contribution in [0.2, 0.25) is 0 Å². The number of nitrogens with zero attached hydrogens (tertiary/aromatic N) is 1. The van der Waals surface area contributed by atoms with Crippen LogP contribution in [0.1, 0.15) is 46.0 Å². The molecule has 3 heteroatoms. The Bertz CT molecular complexity index is 195. The Morgan fingerprint density at radius 1 is 1.35 bits per heavy atom. The molecule has 0 saturated heterocycles. The van der Waals surface area contributed by atoms with E-state index in [0.29, 0.717) is 6.04 Å². The fourth-order valence-corrected chi connectivity index (χ4v) is 2.86. The minimum absolute atomic E-state index is 0.173. The highest BCUT2D eigenvalue weighted by molar-refractivity contribution is 4.82. The van der Waals surface area contributed by atoms with Gasteiger partial charge in [-0.15, -0.1) is 0 Å². The fourth-order valence-electron chi connectivity index (χ4n) is 2.86. The molecule has 1 fully saturated rings. The number of aliphatic hydroxyl groups excluding tert-OH is 1. The Hall–Kier alpha value is -0.120. The van der Waals surface area contributed by atoms with E-state index in [9.17, 15) is 5.11 Å². The van der Waals surface area contributed by atoms with Gasteiger partial charge < -0.3 is 15.3 Å². The molecule has 0 aromatic heterocycles. The third-order valence-corrected chi connectivity index (χ3v) is 3.85. The number of hydrogen-bond acceptors (Lipinski definition) is 3. The van der Waals surface area contributed by atoms with Crippen molar-refractivity contribution in [3.8, 4) is 0 Å². The molecular formula is C14H30N2O. The van der Waals surface area contributed by atoms with E-state index >= 15 is 0 Å². The first kappa shape index (κ1) is 14.9. The molecule has 17 heavy (non-hydrogen) atoms. The van der Waals surface area contributed by atoms with Gasteiger partial charge in [0.2, 0.25) is 0 Å². The minimum atomic E-state index is -0.173. The number of rotatable bonds is 7. The van der Waals surface area contributed by atoms with Gasteiger partial charge in [0, 0.05) is 19.1 Å². The first-order valence-electron chi connectivity index (χ1n) is 7.23. The molecule has 3 unspecified atom stereocenters. The lowest BCUT2D eigenvalue weighted by Gasteiger charge is -2.35. The summed E-state index contributed by atoms with van der Waals surface area (Å²) in [7, 11) is 2.18. The van der Waals surface area contributed by atoms with Crippen LogP contribution in [0.4, 0.5) is 0 Å². The summed E-state index contributed by atoms with van der Waals surface area (Å²) >= 11 is 0. The number of hydrogen-bond donors (Lipinski definition) is 2. The van der Waals surface area contributed by atoms with Crippen molar-refractivity contribution in [3.05, 3.63) is 0 Å². The Kier molecular flexibility index (Phi) is 7.09. The summed E-state index contributed by atoms with van der Waals surface area (Å²) in [5, 5.41) is 12.9. The van der Waals surface area contributed by atoms with Crippen molar-refractivity contribution < 1.29 is 5.11 Å². The van der Waals surface area contributed by atoms with Gasteiger partial charge in [-0.3, -0.25) is 0 Å². The lowest BCUT2D eigenvalue weighted by molar-refractivity contribution is 0.145. The average Bonchev–Trinajstić information content (AvgIpc) is 2.29. The average molecular weight is 242 g/mol. The Morgan fingerprint density at radius 2 is 2.06 bits per heavy atom. The summed E-state index contributed by atoms with van der Waals surface area (Å²) in [5.41, 5.74) is 0. The molecule has 0 amide bonds. The van der Waals surface area contributed by atoms with Crippen LogP contribution in [0.3, 0.4) is 0 Å². The molecular weight excluding hydrogens is 212 g/mol. The predicted molar refractivity (Wildman–Crippen MR) is 73.2 cm³/mol. The van der Waals surface area contributed by atoms with Gasteiger partial charge in [0.15, 0.2) is 0 Å². The van der Waals surface area contributed by atoms with E-state index in [1.807, 2.05) is 6.92 Å². The molecule has 1 rings (SSSR count). The van der Waals surface area contributed by atoms with E-state index in [4.69, 9.17) is 0 Å². The maximum absolute atomic E-state index is 9.30. The second-order valence-corrected chi connectivity index (χ2v) is 5.61. The van der Waals surface area contributed by atoms with E-state index in [-0.39, 0.29) is 6.10 Å². The summed E-state index contributed by atoms with van der Waals surface area (Å²) in [5.74, 6) is 0.794. The lowest BCUT2D eigenvalue weighted by Crippen LogP contribution is -2.43. The molecule has 0 heterocycles. The summed E-state index contributed by atoms with van der Waals surface area (Å²) in [6.07, 6.45) is 6.17. The molecule has 0 aromatic carbocycles. The SMILES string of the molecule is CCNC1CCCCC1CN(C)CCC(C)O. The second-order valence-electron chi connectivity index (χ2n) is 5.61. The van der Waals surface area contributed by atoms with Gasteiger partial charge >= 0.3 is 0 Å². The predicted octanol–water partition coefficient (Wildman–Crippen LogP) is 1.86. The molecule has 3 nitrogen and oxygen atoms in total. The van der Waals surface area contributed by atoms with Crippen molar-refractivity contribution in [1.82, 2.24) is 10.2 Å². The highest BCUT2D eigenvalue weighted by atomic mass is 16.3. The van der Waals surface area contributed by atoms with Crippen molar-refractivity contribution in [2.24, 2.45) is 5.92 Å². The Morgan fingerprint density at radius 3 is 2.71 bits per heavy atom. The van der Waals surface area contributed by atoms with Gasteiger partial charge in [-0.1, -0.05) is 19.8 Å². The van der Waals surface area contributed by atoms with Crippen LogP contribution in [0, 0.1) is 5.92 Å². The van der Waals surface area contributed by atoms with E-state index in [1.54, 1.807) is 0 Å². The van der Waals surface area contributed by atoms with Crippen molar-refractivity contribution in [2.45, 2.75) is 58.1 Å². The highest BCUT2D eigenvalue weighted by Crippen LogP contribution is 2.25. The van der Waals surface area contributed by atoms with Gasteiger partial charge in [-0.25, -0.2) is 0 Å². The van der Waals surface area contributed by atoms with Crippen molar-refractivity contribution >= 4 is 0 Å². The van der Waals surface area contributed by atoms with Gasteiger partial charge in [-0.2, -0.15) is 0 Å². The van der Waals surface area contributed by atoms with Crippen molar-refractivity contribution in [3.63, 3.8) is 0 Å². The van der Waals surface area contributed by atoms with E-state index in [1.165, 1.54) is 32.2 Å². The van der Waals surface area contributed by atoms with Crippen LogP contribution in [0.5, 0.6) is 0 Å². The summed E-state index contributed by atoms with van der Waals surface area (Å²) < 4.78 is 0. The highest BCUT2D eigenvalue weighted by Gasteiger charge is 2.25. The molecule has 0 aliphatic heterocycles. The molecule has 0 bridgehead atoms. The number of nitrogens with one attached hydrogen (secondary N) is 1. The van der Waals surface area contributed by atoms with Crippen LogP contribution in [0.15, 0.2) is 0 Å². The summed E-state index contributed by atoms with van der Waals surface area (Å²) in [4.78, 5) is 2.38. The van der Waals surface area contributed by atoms with E-state index in [2.05, 4.69) is 24.2 Å². The number of aliphatic hydroxyl groups is 1. The largest absolute Gasteiger partial charge is 0.393 e. The molecule has 2 N–H and O–H groups in total. The van der Waals surface area contributed by atoms with Gasteiger partial charge in [-0.05, 0) is 45.7 Å². The molecule has 1 saturated carbocycles. The standard InChI is InChI=1S/C14H30N2O/c1-4-15-14-8-6-5-7-13(14)11-16(3)10-9-12(2)17/h12-15,17H,4-11H2,1-3H3. The molecule has 102 valence electrons. The normalized spacial score (nSPS) is 27.4. The third-order valence-electron chi connectivity index (χ3n) is 3.85. The van der Waals surface area contributed by atoms with E-state index < -0.39 is 0 Å². The Balaban J connectivity index is 2.30. The molecule has 0 spiro atoms. The lowest BCUT2D eigenvalue weighted by atomic mass is 9.84.